The van der Waals surface area contributed by atoms with Crippen LogP contribution in [0, 0.1) is 11.3 Å². The van der Waals surface area contributed by atoms with Crippen LogP contribution in [0.25, 0.3) is 0 Å². The maximum Gasteiger partial charge on any atom is 0.307 e. The molecule has 2 fully saturated rings. The highest BCUT2D eigenvalue weighted by atomic mass is 35.5. The van der Waals surface area contributed by atoms with Gasteiger partial charge < -0.3 is 15.1 Å². The van der Waals surface area contributed by atoms with E-state index in [2.05, 4.69) is 0 Å². The van der Waals surface area contributed by atoms with Gasteiger partial charge in [-0.25, -0.2) is 0 Å². The molecule has 5 nitrogen and oxygen atoms in total. The Balaban J connectivity index is 1.83. The average Bonchev–Trinajstić information content (AvgIpc) is 3.15. The van der Waals surface area contributed by atoms with E-state index in [4.69, 9.17) is 28.3 Å². The molecule has 2 N–H and O–H groups in total. The van der Waals surface area contributed by atoms with Crippen LogP contribution in [0.15, 0.2) is 12.1 Å². The van der Waals surface area contributed by atoms with Crippen LogP contribution in [0.2, 0.25) is 10.0 Å². The van der Waals surface area contributed by atoms with Gasteiger partial charge in [-0.2, -0.15) is 0 Å². The quantitative estimate of drug-likeness (QED) is 0.865. The van der Waals surface area contributed by atoms with Crippen LogP contribution in [0.3, 0.4) is 0 Å². The predicted molar refractivity (Wildman–Crippen MR) is 81.4 cm³/mol. The number of aliphatic carboxylic acids is 1. The first kappa shape index (κ1) is 15.4. The van der Waals surface area contributed by atoms with Crippen molar-refractivity contribution in [3.8, 4) is 5.75 Å². The molecule has 1 saturated heterocycles. The van der Waals surface area contributed by atoms with Crippen LogP contribution in [0.1, 0.15) is 29.6 Å². The molecule has 0 radical (unpaired) electrons. The average molecular weight is 344 g/mol. The molecule has 2 atom stereocenters. The van der Waals surface area contributed by atoms with E-state index in [0.29, 0.717) is 19.5 Å². The molecule has 1 saturated carbocycles. The summed E-state index contributed by atoms with van der Waals surface area (Å²) >= 11 is 11.7. The zero-order valence-electron chi connectivity index (χ0n) is 11.7. The molecule has 1 aromatic carbocycles. The summed E-state index contributed by atoms with van der Waals surface area (Å²) in [6.07, 6.45) is 2.18. The number of carbonyl (C=O) groups excluding carboxylic acids is 1. The van der Waals surface area contributed by atoms with Gasteiger partial charge in [0.1, 0.15) is 5.75 Å². The fourth-order valence-corrected chi connectivity index (χ4v) is 3.87. The van der Waals surface area contributed by atoms with Crippen molar-refractivity contribution in [1.82, 2.24) is 4.90 Å². The Hall–Kier alpha value is -1.46. The van der Waals surface area contributed by atoms with Crippen LogP contribution in [0.4, 0.5) is 0 Å². The van der Waals surface area contributed by atoms with Crippen LogP contribution in [-0.2, 0) is 4.79 Å². The Bertz CT molecular complexity index is 663. The molecule has 1 spiro atoms. The number of amides is 1. The molecule has 3 rings (SSSR count). The number of rotatable bonds is 2. The number of hydrogen-bond donors (Lipinski definition) is 2. The van der Waals surface area contributed by atoms with E-state index in [9.17, 15) is 14.7 Å². The van der Waals surface area contributed by atoms with Crippen LogP contribution >= 0.6 is 23.2 Å². The number of benzene rings is 1. The highest BCUT2D eigenvalue weighted by molar-refractivity contribution is 6.36. The van der Waals surface area contributed by atoms with E-state index >= 15 is 0 Å². The van der Waals surface area contributed by atoms with Gasteiger partial charge in [-0.15, -0.1) is 0 Å². The predicted octanol–water partition coefficient (Wildman–Crippen LogP) is 3.03. The summed E-state index contributed by atoms with van der Waals surface area (Å²) in [4.78, 5) is 25.4. The first-order chi connectivity index (χ1) is 10.3. The third kappa shape index (κ3) is 2.52. The fourth-order valence-electron chi connectivity index (χ4n) is 3.38. The monoisotopic (exact) mass is 343 g/mol. The number of phenols is 1. The molecule has 7 heteroatoms. The molecule has 1 aliphatic carbocycles. The number of carboxylic acid groups (broad SMARTS) is 1. The number of nitrogens with zero attached hydrogens (tertiary/aromatic N) is 1. The van der Waals surface area contributed by atoms with E-state index in [1.54, 1.807) is 4.90 Å². The molecule has 0 aromatic heterocycles. The summed E-state index contributed by atoms with van der Waals surface area (Å²) in [6.45, 7) is 0.933. The Morgan fingerprint density at radius 1 is 1.32 bits per heavy atom. The lowest BCUT2D eigenvalue weighted by molar-refractivity contribution is -0.139. The largest absolute Gasteiger partial charge is 0.506 e. The summed E-state index contributed by atoms with van der Waals surface area (Å²) in [6, 6.07) is 2.75. The summed E-state index contributed by atoms with van der Waals surface area (Å²) < 4.78 is 0. The Labute approximate surface area is 137 Å². The second-order valence-corrected chi connectivity index (χ2v) is 6.91. The van der Waals surface area contributed by atoms with Gasteiger partial charge >= 0.3 is 5.97 Å². The molecule has 1 aromatic rings. The summed E-state index contributed by atoms with van der Waals surface area (Å²) in [7, 11) is 0. The molecule has 0 bridgehead atoms. The Morgan fingerprint density at radius 2 is 2.05 bits per heavy atom. The molecule has 22 heavy (non-hydrogen) atoms. The third-order valence-electron chi connectivity index (χ3n) is 4.64. The molecule has 2 unspecified atom stereocenters. The van der Waals surface area contributed by atoms with Crippen LogP contribution < -0.4 is 0 Å². The normalized spacial score (nSPS) is 27.0. The Morgan fingerprint density at radius 3 is 2.68 bits per heavy atom. The fraction of sp³-hybridized carbons (Fsp3) is 0.467. The van der Waals surface area contributed by atoms with Crippen molar-refractivity contribution in [1.29, 1.82) is 0 Å². The molecule has 1 aliphatic heterocycles. The van der Waals surface area contributed by atoms with E-state index in [1.165, 1.54) is 12.1 Å². The van der Waals surface area contributed by atoms with Gasteiger partial charge in [0.05, 0.1) is 16.5 Å². The molecule has 1 amide bonds. The van der Waals surface area contributed by atoms with Gasteiger partial charge in [-0.3, -0.25) is 9.59 Å². The zero-order chi connectivity index (χ0) is 16.1. The minimum Gasteiger partial charge on any atom is -0.506 e. The second-order valence-electron chi connectivity index (χ2n) is 6.07. The van der Waals surface area contributed by atoms with E-state index in [-0.39, 0.29) is 38.6 Å². The number of phenolic OH excluding ortho intramolecular Hbond substituents is 1. The van der Waals surface area contributed by atoms with Crippen molar-refractivity contribution in [2.24, 2.45) is 11.3 Å². The van der Waals surface area contributed by atoms with E-state index in [0.717, 1.165) is 12.8 Å². The topological polar surface area (TPSA) is 77.8 Å². The molecular weight excluding hydrogens is 329 g/mol. The minimum absolute atomic E-state index is 0.0254. The molecule has 2 aliphatic rings. The number of carbonyl (C=O) groups is 2. The number of aromatic hydroxyl groups is 1. The lowest BCUT2D eigenvalue weighted by Gasteiger charge is -2.33. The standard InChI is InChI=1S/C15H15Cl2NO4/c16-8-4-9(12(19)11(17)5-8)13(20)18-3-1-2-15(7-18)6-10(15)14(21)22/h4-5,10,19H,1-3,6-7H2,(H,21,22). The van der Waals surface area contributed by atoms with Crippen molar-refractivity contribution in [3.05, 3.63) is 27.7 Å². The molecule has 118 valence electrons. The number of carboxylic acids is 1. The van der Waals surface area contributed by atoms with Crippen molar-refractivity contribution in [2.45, 2.75) is 19.3 Å². The van der Waals surface area contributed by atoms with Gasteiger partial charge in [0.2, 0.25) is 0 Å². The zero-order valence-corrected chi connectivity index (χ0v) is 13.2. The maximum absolute atomic E-state index is 12.6. The smallest absolute Gasteiger partial charge is 0.307 e. The SMILES string of the molecule is O=C(O)C1CC12CCCN(C(=O)c1cc(Cl)cc(Cl)c1O)C2. The highest BCUT2D eigenvalue weighted by Crippen LogP contribution is 2.58. The highest BCUT2D eigenvalue weighted by Gasteiger charge is 2.60. The molecular formula is C15H15Cl2NO4. The van der Waals surface area contributed by atoms with Crippen LogP contribution in [0.5, 0.6) is 5.75 Å². The van der Waals surface area contributed by atoms with E-state index < -0.39 is 5.97 Å². The van der Waals surface area contributed by atoms with Crippen molar-refractivity contribution in [2.75, 3.05) is 13.1 Å². The Kier molecular flexibility index (Phi) is 3.73. The first-order valence-electron chi connectivity index (χ1n) is 7.04. The van der Waals surface area contributed by atoms with Gasteiger partial charge in [0, 0.05) is 23.5 Å². The van der Waals surface area contributed by atoms with Crippen molar-refractivity contribution in [3.63, 3.8) is 0 Å². The van der Waals surface area contributed by atoms with E-state index in [1.807, 2.05) is 0 Å². The number of halogens is 2. The minimum atomic E-state index is -0.803. The van der Waals surface area contributed by atoms with Crippen LogP contribution in [-0.4, -0.2) is 40.1 Å². The summed E-state index contributed by atoms with van der Waals surface area (Å²) in [5.74, 6) is -1.83. The number of piperidine rings is 1. The third-order valence-corrected chi connectivity index (χ3v) is 5.15. The van der Waals surface area contributed by atoms with Gasteiger partial charge in [0.15, 0.2) is 0 Å². The van der Waals surface area contributed by atoms with Crippen molar-refractivity contribution >= 4 is 35.1 Å². The van der Waals surface area contributed by atoms with Gasteiger partial charge in [0.25, 0.3) is 5.91 Å². The van der Waals surface area contributed by atoms with Crippen molar-refractivity contribution < 1.29 is 19.8 Å². The lowest BCUT2D eigenvalue weighted by atomic mass is 9.91. The lowest BCUT2D eigenvalue weighted by Crippen LogP contribution is -2.42. The number of likely N-dealkylation sites (tertiary alicyclic amines) is 1. The molecule has 1 heterocycles. The summed E-state index contributed by atoms with van der Waals surface area (Å²) in [5.41, 5.74) is -0.250. The second kappa shape index (κ2) is 5.32. The summed E-state index contributed by atoms with van der Waals surface area (Å²) in [5, 5.41) is 19.4. The first-order valence-corrected chi connectivity index (χ1v) is 7.80. The maximum atomic E-state index is 12.6. The van der Waals surface area contributed by atoms with Gasteiger partial charge in [-0.1, -0.05) is 23.2 Å². The number of hydrogen-bond acceptors (Lipinski definition) is 3. The van der Waals surface area contributed by atoms with Gasteiger partial charge in [-0.05, 0) is 31.4 Å².